The lowest BCUT2D eigenvalue weighted by Gasteiger charge is -2.42. The van der Waals surface area contributed by atoms with Gasteiger partial charge in [-0.3, -0.25) is 14.6 Å². The van der Waals surface area contributed by atoms with Gasteiger partial charge in [0.1, 0.15) is 11.6 Å². The number of halogens is 2. The van der Waals surface area contributed by atoms with Crippen molar-refractivity contribution in [1.82, 2.24) is 39.4 Å². The van der Waals surface area contributed by atoms with Crippen molar-refractivity contribution in [3.63, 3.8) is 0 Å². The molecule has 0 amide bonds. The van der Waals surface area contributed by atoms with Gasteiger partial charge in [0, 0.05) is 128 Å². The van der Waals surface area contributed by atoms with Crippen LogP contribution in [0.1, 0.15) is 85.4 Å². The van der Waals surface area contributed by atoms with Gasteiger partial charge in [-0.2, -0.15) is 5.10 Å². The van der Waals surface area contributed by atoms with Crippen LogP contribution in [-0.2, 0) is 26.6 Å². The van der Waals surface area contributed by atoms with E-state index in [4.69, 9.17) is 9.97 Å². The number of piperidine rings is 2. The van der Waals surface area contributed by atoms with E-state index in [1.54, 1.807) is 0 Å². The van der Waals surface area contributed by atoms with Crippen molar-refractivity contribution in [2.45, 2.75) is 83.7 Å². The molecule has 1 atom stereocenters. The number of piperazine rings is 1. The molecule has 0 radical (unpaired) electrons. The molecule has 3 aromatic heterocycles. The van der Waals surface area contributed by atoms with Gasteiger partial charge >= 0.3 is 0 Å². The van der Waals surface area contributed by atoms with Crippen LogP contribution in [0.5, 0.6) is 0 Å². The maximum atomic E-state index is 15.5. The third kappa shape index (κ3) is 8.54. The zero-order valence-electron chi connectivity index (χ0n) is 36.5. The van der Waals surface area contributed by atoms with Gasteiger partial charge in [0.25, 0.3) is 0 Å². The van der Waals surface area contributed by atoms with Crippen molar-refractivity contribution in [1.29, 1.82) is 0 Å². The molecule has 9 rings (SSSR count). The van der Waals surface area contributed by atoms with Crippen molar-refractivity contribution >= 4 is 28.4 Å². The smallest absolute Gasteiger partial charge is 0.208 e. The highest BCUT2D eigenvalue weighted by molar-refractivity contribution is 5.83. The largest absolute Gasteiger partial charge is 0.372 e. The van der Waals surface area contributed by atoms with E-state index in [-0.39, 0.29) is 5.56 Å². The Kier molecular flexibility index (Phi) is 11.8. The fourth-order valence-corrected chi connectivity index (χ4v) is 10.1. The highest BCUT2D eigenvalue weighted by Gasteiger charge is 2.30. The van der Waals surface area contributed by atoms with Gasteiger partial charge in [0.15, 0.2) is 0 Å². The summed E-state index contributed by atoms with van der Waals surface area (Å²) in [6.07, 6.45) is 10.4. The molecule has 3 saturated heterocycles. The highest BCUT2D eigenvalue weighted by atomic mass is 19.1. The number of pyridine rings is 1. The van der Waals surface area contributed by atoms with E-state index in [1.165, 1.54) is 29.1 Å². The molecule has 7 heterocycles. The van der Waals surface area contributed by atoms with Crippen molar-refractivity contribution < 1.29 is 8.78 Å². The van der Waals surface area contributed by atoms with Crippen molar-refractivity contribution in [2.75, 3.05) is 49.5 Å². The van der Waals surface area contributed by atoms with Crippen LogP contribution in [0.3, 0.4) is 0 Å². The first-order chi connectivity index (χ1) is 30.0. The number of anilines is 2. The number of allylic oxidation sites excluding steroid dienone is 3. The summed E-state index contributed by atoms with van der Waals surface area (Å²) in [5, 5.41) is 11.3. The molecule has 324 valence electrons. The van der Waals surface area contributed by atoms with Gasteiger partial charge < -0.3 is 25.0 Å². The predicted molar refractivity (Wildman–Crippen MR) is 246 cm³/mol. The molecular weight excluding hydrogens is 779 g/mol. The summed E-state index contributed by atoms with van der Waals surface area (Å²) < 4.78 is 35.3. The van der Waals surface area contributed by atoms with Gasteiger partial charge in [-0.05, 0) is 93.8 Å². The van der Waals surface area contributed by atoms with Gasteiger partial charge in [-0.25, -0.2) is 13.8 Å². The number of rotatable bonds is 6. The molecule has 4 aliphatic rings. The van der Waals surface area contributed by atoms with Crippen LogP contribution in [0, 0.1) is 24.5 Å². The molecule has 4 aliphatic heterocycles. The summed E-state index contributed by atoms with van der Waals surface area (Å²) in [7, 11) is 2.02. The molecule has 10 nitrogen and oxygen atoms in total. The second-order valence-electron chi connectivity index (χ2n) is 17.9. The van der Waals surface area contributed by atoms with Crippen LogP contribution in [0.4, 0.5) is 20.4 Å². The Morgan fingerprint density at radius 2 is 1.58 bits per heavy atom. The van der Waals surface area contributed by atoms with E-state index in [0.717, 1.165) is 148 Å². The normalized spacial score (nSPS) is 19.7. The number of nitrogens with one attached hydrogen (secondary N) is 2. The van der Waals surface area contributed by atoms with Gasteiger partial charge in [0.2, 0.25) is 5.95 Å². The number of nitrogens with zero attached hydrogens (tertiary/aromatic N) is 8. The minimum atomic E-state index is -0.504. The summed E-state index contributed by atoms with van der Waals surface area (Å²) in [6, 6.07) is 13.9. The molecule has 12 heteroatoms. The molecule has 62 heavy (non-hydrogen) atoms. The first-order valence-corrected chi connectivity index (χ1v) is 22.5. The fourth-order valence-electron chi connectivity index (χ4n) is 10.1. The molecule has 5 aromatic rings. The molecular formula is C50H60F2N10. The number of hydrogen-bond donors (Lipinski definition) is 2. The topological polar surface area (TPSA) is 82.3 Å². The summed E-state index contributed by atoms with van der Waals surface area (Å²) in [4.78, 5) is 17.1. The van der Waals surface area contributed by atoms with E-state index < -0.39 is 17.6 Å². The van der Waals surface area contributed by atoms with E-state index in [0.29, 0.717) is 30.1 Å². The lowest BCUT2D eigenvalue weighted by Crippen LogP contribution is -2.47. The van der Waals surface area contributed by atoms with Gasteiger partial charge in [0.05, 0.1) is 22.9 Å². The first-order valence-electron chi connectivity index (χ1n) is 22.5. The number of aromatic nitrogens is 5. The molecule has 2 bridgehead atoms. The molecule has 0 aliphatic carbocycles. The molecule has 0 saturated carbocycles. The summed E-state index contributed by atoms with van der Waals surface area (Å²) in [5.41, 5.74) is 12.7. The van der Waals surface area contributed by atoms with E-state index in [1.807, 2.05) is 24.9 Å². The lowest BCUT2D eigenvalue weighted by atomic mass is 9.87. The zero-order valence-corrected chi connectivity index (χ0v) is 36.5. The van der Waals surface area contributed by atoms with Crippen LogP contribution in [0.2, 0.25) is 0 Å². The standard InChI is InChI=1S/C50H60F2N10/c1-32-12-14-41(35(4)54-32)49-43(51)28-40(29-44(49)52)61-19-16-38(17-20-61)36(5)60-23-21-59(22-24-60)31-37-13-15-45-48(26-37)62-18-10-8-7-9-11-47-42(30-53-58(47)6)46-27-39(25-33(2)55-46)34(3)56-50(62)57-45/h13,15,25-30,38,41,54H,1,3-5,7-12,14,16-24,31H2,2,6H3,(H,56,57). The monoisotopic (exact) mass is 838 g/mol. The number of aryl methyl sites for hydroxylation is 3. The fraction of sp³-hybridized carbons (Fsp3) is 0.420. The third-order valence-corrected chi connectivity index (χ3v) is 13.7. The van der Waals surface area contributed by atoms with E-state index in [9.17, 15) is 0 Å². The van der Waals surface area contributed by atoms with E-state index in [2.05, 4.69) is 91.6 Å². The molecule has 3 fully saturated rings. The van der Waals surface area contributed by atoms with Crippen molar-refractivity contribution in [3.05, 3.63) is 132 Å². The number of imidazole rings is 1. The first kappa shape index (κ1) is 41.6. The Balaban J connectivity index is 0.819. The average molecular weight is 839 g/mol. The van der Waals surface area contributed by atoms with Crippen LogP contribution >= 0.6 is 0 Å². The molecule has 2 N–H and O–H groups in total. The Morgan fingerprint density at radius 3 is 2.34 bits per heavy atom. The Bertz CT molecular complexity index is 2510. The Labute approximate surface area is 364 Å². The average Bonchev–Trinajstić information content (AvgIpc) is 3.80. The van der Waals surface area contributed by atoms with Gasteiger partial charge in [-0.1, -0.05) is 45.2 Å². The predicted octanol–water partition coefficient (Wildman–Crippen LogP) is 9.66. The Hall–Kier alpha value is -5.75. The second kappa shape index (κ2) is 17.6. The summed E-state index contributed by atoms with van der Waals surface area (Å²) in [6.45, 7) is 26.0. The van der Waals surface area contributed by atoms with Crippen LogP contribution < -0.4 is 15.5 Å². The van der Waals surface area contributed by atoms with Crippen LogP contribution in [-0.4, -0.2) is 73.4 Å². The SMILES string of the molecule is C=C1CCC(c2c(F)cc(N3CCC(C(=C)N4CCN(Cc5ccc6nc7n(c6c5)CCCCCCc5c(cnn5C)-c5cc(cc(C)n5)C(=C)N7)CC4)CC3)cc2F)C(=C)N1. The van der Waals surface area contributed by atoms with Crippen LogP contribution in [0.15, 0.2) is 92.1 Å². The number of hydrogen-bond acceptors (Lipinski definition) is 8. The summed E-state index contributed by atoms with van der Waals surface area (Å²) in [5.74, 6) is -0.241. The maximum absolute atomic E-state index is 15.5. The van der Waals surface area contributed by atoms with Crippen molar-refractivity contribution in [2.24, 2.45) is 13.0 Å². The quantitative estimate of drug-likeness (QED) is 0.175. The van der Waals surface area contributed by atoms with E-state index >= 15 is 8.78 Å². The number of fused-ring (bicyclic) bond motifs is 7. The molecule has 1 unspecified atom stereocenters. The second-order valence-corrected chi connectivity index (χ2v) is 17.9. The zero-order chi connectivity index (χ0) is 43.1. The molecule has 2 aromatic carbocycles. The lowest BCUT2D eigenvalue weighted by molar-refractivity contribution is 0.140. The Morgan fingerprint density at radius 1 is 0.823 bits per heavy atom. The van der Waals surface area contributed by atoms with Gasteiger partial charge in [-0.15, -0.1) is 0 Å². The highest BCUT2D eigenvalue weighted by Crippen LogP contribution is 2.38. The minimum absolute atomic E-state index is 0.102. The van der Waals surface area contributed by atoms with Crippen LogP contribution in [0.25, 0.3) is 28.0 Å². The molecule has 0 spiro atoms. The maximum Gasteiger partial charge on any atom is 0.208 e. The summed E-state index contributed by atoms with van der Waals surface area (Å²) >= 11 is 0. The minimum Gasteiger partial charge on any atom is -0.372 e. The third-order valence-electron chi connectivity index (χ3n) is 13.7. The van der Waals surface area contributed by atoms with Crippen molar-refractivity contribution in [3.8, 4) is 11.3 Å². The number of benzene rings is 2.